The van der Waals surface area contributed by atoms with Gasteiger partial charge in [-0.2, -0.15) is 0 Å². The van der Waals surface area contributed by atoms with Crippen LogP contribution in [0.1, 0.15) is 27.9 Å². The van der Waals surface area contributed by atoms with Crippen LogP contribution in [0.15, 0.2) is 36.4 Å². The Morgan fingerprint density at radius 2 is 1.97 bits per heavy atom. The number of benzene rings is 2. The summed E-state index contributed by atoms with van der Waals surface area (Å²) in [5, 5.41) is 11.4. The summed E-state index contributed by atoms with van der Waals surface area (Å²) in [5.74, 6) is -0.765. The Morgan fingerprint density at radius 3 is 2.68 bits per heavy atom. The van der Waals surface area contributed by atoms with Crippen molar-refractivity contribution in [3.05, 3.63) is 58.9 Å². The van der Waals surface area contributed by atoms with Crippen molar-refractivity contribution in [2.75, 3.05) is 38.3 Å². The van der Waals surface area contributed by atoms with E-state index >= 15 is 0 Å². The number of nitrogens with one attached hydrogen (secondary N) is 2. The van der Waals surface area contributed by atoms with Gasteiger partial charge >= 0.3 is 0 Å². The molecule has 2 amide bonds. The number of halogens is 1. The van der Waals surface area contributed by atoms with Crippen LogP contribution >= 0.6 is 0 Å². The molecule has 166 valence electrons. The highest BCUT2D eigenvalue weighted by molar-refractivity contribution is 5.99. The van der Waals surface area contributed by atoms with Crippen LogP contribution in [0.5, 0.6) is 5.75 Å². The summed E-state index contributed by atoms with van der Waals surface area (Å²) in [6, 6.07) is 9.63. The molecule has 2 aromatic carbocycles. The first-order valence-electron chi connectivity index (χ1n) is 10.0. The van der Waals surface area contributed by atoms with Gasteiger partial charge in [-0.05, 0) is 36.2 Å². The van der Waals surface area contributed by atoms with Crippen molar-refractivity contribution in [2.45, 2.75) is 19.4 Å². The van der Waals surface area contributed by atoms with Crippen molar-refractivity contribution in [1.82, 2.24) is 10.8 Å². The number of carbonyl (C=O) groups is 2. The number of nitrogens with zero attached hydrogens (tertiary/aromatic N) is 1. The lowest BCUT2D eigenvalue weighted by molar-refractivity contribution is -0.129. The molecule has 1 fully saturated rings. The fourth-order valence-electron chi connectivity index (χ4n) is 3.45. The molecule has 3 N–H and O–H groups in total. The van der Waals surface area contributed by atoms with Gasteiger partial charge in [0.15, 0.2) is 0 Å². The van der Waals surface area contributed by atoms with E-state index in [0.717, 1.165) is 11.1 Å². The third-order valence-electron chi connectivity index (χ3n) is 5.11. The van der Waals surface area contributed by atoms with E-state index in [1.807, 2.05) is 11.0 Å². The van der Waals surface area contributed by atoms with E-state index in [1.165, 1.54) is 19.2 Å². The maximum Gasteiger partial charge on any atom is 0.253 e. The molecule has 0 aromatic heterocycles. The number of morpholine rings is 1. The fourth-order valence-corrected chi connectivity index (χ4v) is 3.45. The number of rotatable bonds is 8. The van der Waals surface area contributed by atoms with Crippen molar-refractivity contribution in [2.24, 2.45) is 0 Å². The molecule has 3 rings (SSSR count). The van der Waals surface area contributed by atoms with Gasteiger partial charge in [0.05, 0.1) is 25.9 Å². The van der Waals surface area contributed by atoms with E-state index in [4.69, 9.17) is 14.7 Å². The van der Waals surface area contributed by atoms with Crippen LogP contribution in [0.3, 0.4) is 0 Å². The number of aryl methyl sites for hydroxylation is 1. The second-order valence-electron chi connectivity index (χ2n) is 7.12. The predicted octanol–water partition coefficient (Wildman–Crippen LogP) is 2.04. The first kappa shape index (κ1) is 22.5. The molecule has 0 spiro atoms. The number of ether oxygens (including phenoxy) is 2. The average molecular weight is 431 g/mol. The lowest BCUT2D eigenvalue weighted by Gasteiger charge is -2.30. The fraction of sp³-hybridized carbons (Fsp3) is 0.364. The Balaban J connectivity index is 1.70. The molecule has 1 aliphatic rings. The van der Waals surface area contributed by atoms with E-state index in [9.17, 15) is 14.0 Å². The second kappa shape index (κ2) is 10.7. The molecule has 1 aliphatic heterocycles. The summed E-state index contributed by atoms with van der Waals surface area (Å²) >= 11 is 0. The zero-order valence-electron chi connectivity index (χ0n) is 17.3. The van der Waals surface area contributed by atoms with E-state index in [2.05, 4.69) is 5.32 Å². The van der Waals surface area contributed by atoms with Crippen LogP contribution < -0.4 is 20.4 Å². The highest BCUT2D eigenvalue weighted by Crippen LogP contribution is 2.24. The molecule has 8 nitrogen and oxygen atoms in total. The van der Waals surface area contributed by atoms with Gasteiger partial charge in [0.1, 0.15) is 11.6 Å². The quantitative estimate of drug-likeness (QED) is 0.437. The van der Waals surface area contributed by atoms with Crippen LogP contribution in [0.4, 0.5) is 10.1 Å². The first-order valence-corrected chi connectivity index (χ1v) is 10.0. The van der Waals surface area contributed by atoms with Gasteiger partial charge in [-0.1, -0.05) is 12.1 Å². The standard InChI is InChI=1S/C22H26FN3O5/c1-30-20-12-15(3-7-21(27)25-29)2-4-16(20)14-24-22(28)18-13-17(23)5-6-19(18)26-8-10-31-11-9-26/h2,4-6,12-13,29H,3,7-11,14H2,1H3,(H,24,28)(H,25,27). The van der Waals surface area contributed by atoms with Gasteiger partial charge in [0.2, 0.25) is 5.91 Å². The lowest BCUT2D eigenvalue weighted by Crippen LogP contribution is -2.38. The van der Waals surface area contributed by atoms with Gasteiger partial charge < -0.3 is 19.7 Å². The molecule has 0 unspecified atom stereocenters. The molecule has 1 saturated heterocycles. The maximum absolute atomic E-state index is 13.9. The van der Waals surface area contributed by atoms with Crippen molar-refractivity contribution >= 4 is 17.5 Å². The predicted molar refractivity (Wildman–Crippen MR) is 112 cm³/mol. The Hall–Kier alpha value is -3.17. The summed E-state index contributed by atoms with van der Waals surface area (Å²) in [6.07, 6.45) is 0.571. The van der Waals surface area contributed by atoms with Crippen LogP contribution in [0, 0.1) is 5.82 Å². The van der Waals surface area contributed by atoms with Crippen LogP contribution in [-0.4, -0.2) is 50.4 Å². The zero-order chi connectivity index (χ0) is 22.2. The summed E-state index contributed by atoms with van der Waals surface area (Å²) in [7, 11) is 1.52. The monoisotopic (exact) mass is 431 g/mol. The van der Waals surface area contributed by atoms with Crippen molar-refractivity contribution in [3.63, 3.8) is 0 Å². The van der Waals surface area contributed by atoms with Crippen LogP contribution in [0.2, 0.25) is 0 Å². The average Bonchev–Trinajstić information content (AvgIpc) is 2.81. The van der Waals surface area contributed by atoms with Crippen LogP contribution in [0.25, 0.3) is 0 Å². The number of carbonyl (C=O) groups excluding carboxylic acids is 2. The van der Waals surface area contributed by atoms with E-state index in [1.54, 1.807) is 23.7 Å². The number of hydrogen-bond acceptors (Lipinski definition) is 6. The normalized spacial score (nSPS) is 13.6. The third-order valence-corrected chi connectivity index (χ3v) is 5.11. The molecule has 31 heavy (non-hydrogen) atoms. The first-order chi connectivity index (χ1) is 15.0. The van der Waals surface area contributed by atoms with Gasteiger partial charge in [0.25, 0.3) is 5.91 Å². The molecule has 1 heterocycles. The Bertz CT molecular complexity index is 931. The van der Waals surface area contributed by atoms with Crippen molar-refractivity contribution in [1.29, 1.82) is 0 Å². The van der Waals surface area contributed by atoms with Crippen LogP contribution in [-0.2, 0) is 22.5 Å². The Kier molecular flexibility index (Phi) is 7.80. The van der Waals surface area contributed by atoms with Gasteiger partial charge in [0, 0.05) is 37.3 Å². The van der Waals surface area contributed by atoms with E-state index < -0.39 is 11.7 Å². The minimum atomic E-state index is -0.476. The largest absolute Gasteiger partial charge is 0.496 e. The molecule has 0 radical (unpaired) electrons. The lowest BCUT2D eigenvalue weighted by atomic mass is 10.1. The Labute approximate surface area is 179 Å². The molecule has 0 atom stereocenters. The summed E-state index contributed by atoms with van der Waals surface area (Å²) < 4.78 is 24.6. The molecular formula is C22H26FN3O5. The van der Waals surface area contributed by atoms with Gasteiger partial charge in [-0.25, -0.2) is 9.87 Å². The number of anilines is 1. The molecule has 9 heteroatoms. The summed E-state index contributed by atoms with van der Waals surface area (Å²) in [4.78, 5) is 26.1. The molecule has 0 saturated carbocycles. The maximum atomic E-state index is 13.9. The number of hydrogen-bond donors (Lipinski definition) is 3. The summed E-state index contributed by atoms with van der Waals surface area (Å²) in [5.41, 5.74) is 4.15. The molecule has 0 aliphatic carbocycles. The molecular weight excluding hydrogens is 405 g/mol. The number of methoxy groups -OCH3 is 1. The topological polar surface area (TPSA) is 100 Å². The highest BCUT2D eigenvalue weighted by Gasteiger charge is 2.20. The van der Waals surface area contributed by atoms with Crippen molar-refractivity contribution < 1.29 is 28.7 Å². The number of amides is 2. The third kappa shape index (κ3) is 5.93. The van der Waals surface area contributed by atoms with E-state index in [0.29, 0.717) is 44.2 Å². The smallest absolute Gasteiger partial charge is 0.253 e. The highest BCUT2D eigenvalue weighted by atomic mass is 19.1. The SMILES string of the molecule is COc1cc(CCC(=O)NO)ccc1CNC(=O)c1cc(F)ccc1N1CCOCC1. The summed E-state index contributed by atoms with van der Waals surface area (Å²) in [6.45, 7) is 2.58. The Morgan fingerprint density at radius 1 is 1.19 bits per heavy atom. The zero-order valence-corrected chi connectivity index (χ0v) is 17.3. The molecule has 2 aromatic rings. The number of hydroxylamine groups is 1. The van der Waals surface area contributed by atoms with E-state index in [-0.39, 0.29) is 24.4 Å². The van der Waals surface area contributed by atoms with Gasteiger partial charge in [-0.3, -0.25) is 14.8 Å². The van der Waals surface area contributed by atoms with Crippen molar-refractivity contribution in [3.8, 4) is 5.75 Å². The van der Waals surface area contributed by atoms with Gasteiger partial charge in [-0.15, -0.1) is 0 Å². The minimum Gasteiger partial charge on any atom is -0.496 e. The molecule has 0 bridgehead atoms. The second-order valence-corrected chi connectivity index (χ2v) is 7.12. The minimum absolute atomic E-state index is 0.139.